The molecule has 1 aromatic heterocycles. The zero-order valence-electron chi connectivity index (χ0n) is 21.1. The molecule has 0 aliphatic rings. The van der Waals surface area contributed by atoms with Crippen molar-refractivity contribution in [3.63, 3.8) is 0 Å². The van der Waals surface area contributed by atoms with Gasteiger partial charge in [-0.3, -0.25) is 14.2 Å². The monoisotopic (exact) mass is 485 g/mol. The lowest BCUT2D eigenvalue weighted by Gasteiger charge is -2.31. The lowest BCUT2D eigenvalue weighted by Crippen LogP contribution is -2.38. The second kappa shape index (κ2) is 11.2. The number of nitrogens with zero attached hydrogens (tertiary/aromatic N) is 3. The summed E-state index contributed by atoms with van der Waals surface area (Å²) in [4.78, 5) is 34.2. The zero-order valence-corrected chi connectivity index (χ0v) is 21.1. The number of fused-ring (bicyclic) bond motifs is 1. The Bertz CT molecular complexity index is 1410. The summed E-state index contributed by atoms with van der Waals surface area (Å²) in [5, 5.41) is 0.527. The molecule has 7 nitrogen and oxygen atoms in total. The van der Waals surface area contributed by atoms with Crippen molar-refractivity contribution in [1.29, 1.82) is 0 Å². The number of hydrogen-bond donors (Lipinski definition) is 0. The minimum atomic E-state index is -0.501. The molecule has 1 heterocycles. The minimum Gasteiger partial charge on any atom is -0.497 e. The normalized spacial score (nSPS) is 11.9. The van der Waals surface area contributed by atoms with Gasteiger partial charge in [-0.2, -0.15) is 0 Å². The summed E-state index contributed by atoms with van der Waals surface area (Å²) >= 11 is 0. The summed E-state index contributed by atoms with van der Waals surface area (Å²) < 4.78 is 12.2. The van der Waals surface area contributed by atoms with Crippen LogP contribution in [0.15, 0.2) is 77.6 Å². The number of aromatic nitrogens is 2. The van der Waals surface area contributed by atoms with Gasteiger partial charge in [0, 0.05) is 25.8 Å². The molecule has 1 atom stereocenters. The van der Waals surface area contributed by atoms with Gasteiger partial charge >= 0.3 is 0 Å². The van der Waals surface area contributed by atoms with Gasteiger partial charge in [0.1, 0.15) is 11.6 Å². The van der Waals surface area contributed by atoms with E-state index >= 15 is 0 Å². The standard InChI is InChI=1S/C29H31N3O4/c1-20-13-15-23(16-14-20)32-27(30-26-12-6-5-11-25(26)29(32)34)21(2)31(17-8-18-35-3)28(33)22-9-7-10-24(19-22)36-4/h5-7,9-16,19,21H,8,17-18H2,1-4H3. The Hall–Kier alpha value is -3.97. The lowest BCUT2D eigenvalue weighted by atomic mass is 10.1. The van der Waals surface area contributed by atoms with E-state index in [-0.39, 0.29) is 11.5 Å². The van der Waals surface area contributed by atoms with Crippen molar-refractivity contribution in [3.05, 3.63) is 100 Å². The molecule has 0 saturated heterocycles. The van der Waals surface area contributed by atoms with E-state index in [1.807, 2.05) is 56.3 Å². The van der Waals surface area contributed by atoms with Crippen molar-refractivity contribution in [2.45, 2.75) is 26.3 Å². The van der Waals surface area contributed by atoms with Crippen LogP contribution >= 0.6 is 0 Å². The molecule has 0 radical (unpaired) electrons. The largest absolute Gasteiger partial charge is 0.497 e. The summed E-state index contributed by atoms with van der Waals surface area (Å²) in [6.45, 7) is 4.84. The molecular formula is C29H31N3O4. The highest BCUT2D eigenvalue weighted by Gasteiger charge is 2.27. The molecule has 0 aliphatic heterocycles. The minimum absolute atomic E-state index is 0.169. The Morgan fingerprint density at radius 3 is 2.50 bits per heavy atom. The van der Waals surface area contributed by atoms with Crippen LogP contribution in [-0.4, -0.2) is 47.7 Å². The van der Waals surface area contributed by atoms with Crippen molar-refractivity contribution in [3.8, 4) is 11.4 Å². The molecule has 3 aromatic carbocycles. The SMILES string of the molecule is COCCCN(C(=O)c1cccc(OC)c1)C(C)c1nc2ccccc2c(=O)n1-c1ccc(C)cc1. The van der Waals surface area contributed by atoms with Gasteiger partial charge in [0.15, 0.2) is 0 Å². The summed E-state index contributed by atoms with van der Waals surface area (Å²) in [5.74, 6) is 0.928. The molecule has 0 aliphatic carbocycles. The molecule has 0 fully saturated rings. The quantitative estimate of drug-likeness (QED) is 0.314. The average molecular weight is 486 g/mol. The number of carbonyl (C=O) groups is 1. The van der Waals surface area contributed by atoms with Crippen LogP contribution in [0.25, 0.3) is 16.6 Å². The maximum Gasteiger partial charge on any atom is 0.266 e. The molecule has 1 amide bonds. The molecule has 4 rings (SSSR count). The fourth-order valence-corrected chi connectivity index (χ4v) is 4.29. The number of carbonyl (C=O) groups excluding carboxylic acids is 1. The Morgan fingerprint density at radius 2 is 1.78 bits per heavy atom. The third-order valence-corrected chi connectivity index (χ3v) is 6.26. The van der Waals surface area contributed by atoms with Crippen LogP contribution in [-0.2, 0) is 4.74 Å². The lowest BCUT2D eigenvalue weighted by molar-refractivity contribution is 0.0657. The van der Waals surface area contributed by atoms with Crippen LogP contribution in [0.3, 0.4) is 0 Å². The number of hydrogen-bond acceptors (Lipinski definition) is 5. The number of benzene rings is 3. The first kappa shape index (κ1) is 25.1. The molecule has 186 valence electrons. The van der Waals surface area contributed by atoms with Crippen LogP contribution in [0, 0.1) is 6.92 Å². The van der Waals surface area contributed by atoms with Crippen molar-refractivity contribution in [1.82, 2.24) is 14.5 Å². The number of amides is 1. The van der Waals surface area contributed by atoms with Crippen LogP contribution in [0.4, 0.5) is 0 Å². The summed E-state index contributed by atoms with van der Waals surface area (Å²) in [6, 6.07) is 21.6. The van der Waals surface area contributed by atoms with Crippen molar-refractivity contribution >= 4 is 16.8 Å². The van der Waals surface area contributed by atoms with Crippen LogP contribution in [0.5, 0.6) is 5.75 Å². The molecule has 0 bridgehead atoms. The second-order valence-corrected chi connectivity index (χ2v) is 8.72. The van der Waals surface area contributed by atoms with Gasteiger partial charge in [-0.05, 0) is 62.7 Å². The average Bonchev–Trinajstić information content (AvgIpc) is 2.91. The van der Waals surface area contributed by atoms with E-state index in [1.165, 1.54) is 0 Å². The van der Waals surface area contributed by atoms with E-state index in [2.05, 4.69) is 0 Å². The highest BCUT2D eigenvalue weighted by Crippen LogP contribution is 2.26. The summed E-state index contributed by atoms with van der Waals surface area (Å²) in [6.07, 6.45) is 0.638. The second-order valence-electron chi connectivity index (χ2n) is 8.72. The van der Waals surface area contributed by atoms with Gasteiger partial charge < -0.3 is 14.4 Å². The van der Waals surface area contributed by atoms with E-state index in [4.69, 9.17) is 14.5 Å². The third-order valence-electron chi connectivity index (χ3n) is 6.26. The van der Waals surface area contributed by atoms with Gasteiger partial charge in [-0.15, -0.1) is 0 Å². The van der Waals surface area contributed by atoms with E-state index in [0.29, 0.717) is 53.3 Å². The smallest absolute Gasteiger partial charge is 0.266 e. The maximum absolute atomic E-state index is 13.8. The van der Waals surface area contributed by atoms with Gasteiger partial charge in [0.2, 0.25) is 0 Å². The van der Waals surface area contributed by atoms with Gasteiger partial charge in [-0.25, -0.2) is 4.98 Å². The molecule has 7 heteroatoms. The molecule has 0 spiro atoms. The number of methoxy groups -OCH3 is 2. The molecular weight excluding hydrogens is 454 g/mol. The fraction of sp³-hybridized carbons (Fsp3) is 0.276. The van der Waals surface area contributed by atoms with E-state index in [0.717, 1.165) is 5.56 Å². The maximum atomic E-state index is 13.8. The van der Waals surface area contributed by atoms with Gasteiger partial charge in [-0.1, -0.05) is 35.9 Å². The highest BCUT2D eigenvalue weighted by atomic mass is 16.5. The van der Waals surface area contributed by atoms with E-state index < -0.39 is 6.04 Å². The van der Waals surface area contributed by atoms with Crippen LogP contribution < -0.4 is 10.3 Å². The summed E-state index contributed by atoms with van der Waals surface area (Å²) in [5.41, 5.74) is 2.72. The number of aryl methyl sites for hydroxylation is 1. The Kier molecular flexibility index (Phi) is 7.80. The highest BCUT2D eigenvalue weighted by molar-refractivity contribution is 5.95. The Balaban J connectivity index is 1.87. The van der Waals surface area contributed by atoms with Crippen molar-refractivity contribution < 1.29 is 14.3 Å². The van der Waals surface area contributed by atoms with Crippen LogP contribution in [0.2, 0.25) is 0 Å². The Labute approximate surface area is 210 Å². The fourth-order valence-electron chi connectivity index (χ4n) is 4.29. The number of ether oxygens (including phenoxy) is 2. The number of rotatable bonds is 9. The molecule has 1 unspecified atom stereocenters. The third kappa shape index (κ3) is 5.16. The first-order valence-corrected chi connectivity index (χ1v) is 12.0. The van der Waals surface area contributed by atoms with Gasteiger partial charge in [0.25, 0.3) is 11.5 Å². The topological polar surface area (TPSA) is 73.7 Å². The number of para-hydroxylation sites is 1. The predicted octanol–water partition coefficient (Wildman–Crippen LogP) is 4.94. The first-order valence-electron chi connectivity index (χ1n) is 12.0. The van der Waals surface area contributed by atoms with E-state index in [9.17, 15) is 9.59 Å². The molecule has 0 N–H and O–H groups in total. The molecule has 0 saturated carbocycles. The first-order chi connectivity index (χ1) is 17.4. The van der Waals surface area contributed by atoms with Crippen LogP contribution in [0.1, 0.15) is 41.1 Å². The Morgan fingerprint density at radius 1 is 1.03 bits per heavy atom. The van der Waals surface area contributed by atoms with Gasteiger partial charge in [0.05, 0.1) is 29.7 Å². The van der Waals surface area contributed by atoms with Crippen molar-refractivity contribution in [2.24, 2.45) is 0 Å². The molecule has 36 heavy (non-hydrogen) atoms. The van der Waals surface area contributed by atoms with Crippen molar-refractivity contribution in [2.75, 3.05) is 27.4 Å². The molecule has 4 aromatic rings. The van der Waals surface area contributed by atoms with E-state index in [1.54, 1.807) is 54.0 Å². The zero-order chi connectivity index (χ0) is 25.7. The summed E-state index contributed by atoms with van der Waals surface area (Å²) in [7, 11) is 3.21. The predicted molar refractivity (Wildman–Crippen MR) is 141 cm³/mol.